The van der Waals surface area contributed by atoms with Gasteiger partial charge in [0.1, 0.15) is 12.6 Å². The molecule has 1 saturated carbocycles. The van der Waals surface area contributed by atoms with E-state index >= 15 is 0 Å². The lowest BCUT2D eigenvalue weighted by Gasteiger charge is -2.35. The average molecular weight is 659 g/mol. The highest BCUT2D eigenvalue weighted by molar-refractivity contribution is 7.92. The minimum atomic E-state index is -3.85. The Bertz CT molecular complexity index is 1530. The van der Waals surface area contributed by atoms with Crippen LogP contribution in [0.2, 0.25) is 10.0 Å². The molecule has 1 atom stereocenters. The highest BCUT2D eigenvalue weighted by Gasteiger charge is 2.34. The largest absolute Gasteiger partial charge is 0.352 e. The first kappa shape index (κ1) is 33.8. The number of hydrogen-bond acceptors (Lipinski definition) is 4. The molecular weight excluding hydrogens is 617 g/mol. The number of nitrogens with one attached hydrogen (secondary N) is 1. The smallest absolute Gasteiger partial charge is 0.244 e. The maximum Gasteiger partial charge on any atom is 0.244 e. The Balaban J connectivity index is 1.73. The fourth-order valence-corrected chi connectivity index (χ4v) is 6.89. The van der Waals surface area contributed by atoms with Gasteiger partial charge < -0.3 is 10.2 Å². The summed E-state index contributed by atoms with van der Waals surface area (Å²) in [5.41, 5.74) is 2.90. The lowest BCUT2D eigenvalue weighted by molar-refractivity contribution is -0.140. The van der Waals surface area contributed by atoms with Gasteiger partial charge in [-0.05, 0) is 59.7 Å². The van der Waals surface area contributed by atoms with Crippen molar-refractivity contribution in [3.05, 3.63) is 99.5 Å². The first-order chi connectivity index (χ1) is 20.9. The minimum absolute atomic E-state index is 0.00564. The van der Waals surface area contributed by atoms with Gasteiger partial charge in [0.15, 0.2) is 0 Å². The summed E-state index contributed by atoms with van der Waals surface area (Å²) in [4.78, 5) is 29.8. The predicted octanol–water partition coefficient (Wildman–Crippen LogP) is 6.97. The zero-order valence-electron chi connectivity index (χ0n) is 25.5. The van der Waals surface area contributed by atoms with Crippen LogP contribution in [0.4, 0.5) is 5.69 Å². The van der Waals surface area contributed by atoms with Crippen molar-refractivity contribution in [2.75, 3.05) is 17.1 Å². The highest BCUT2D eigenvalue weighted by atomic mass is 35.5. The van der Waals surface area contributed by atoms with Crippen molar-refractivity contribution < 1.29 is 18.0 Å². The quantitative estimate of drug-likeness (QED) is 0.228. The zero-order chi connectivity index (χ0) is 31.9. The van der Waals surface area contributed by atoms with Gasteiger partial charge in [0.25, 0.3) is 0 Å². The Morgan fingerprint density at radius 2 is 1.59 bits per heavy atom. The van der Waals surface area contributed by atoms with Crippen LogP contribution in [0.1, 0.15) is 68.6 Å². The van der Waals surface area contributed by atoms with E-state index < -0.39 is 28.5 Å². The summed E-state index contributed by atoms with van der Waals surface area (Å²) in [5, 5.41) is 3.99. The zero-order valence-corrected chi connectivity index (χ0v) is 27.8. The molecule has 10 heteroatoms. The summed E-state index contributed by atoms with van der Waals surface area (Å²) < 4.78 is 27.2. The second kappa shape index (κ2) is 15.3. The van der Waals surface area contributed by atoms with Gasteiger partial charge in [-0.25, -0.2) is 8.42 Å². The Kier molecular flexibility index (Phi) is 11.7. The van der Waals surface area contributed by atoms with Gasteiger partial charge in [0.05, 0.1) is 11.9 Å². The van der Waals surface area contributed by atoms with Crippen molar-refractivity contribution in [2.24, 2.45) is 0 Å². The van der Waals surface area contributed by atoms with E-state index in [1.54, 1.807) is 30.3 Å². The third-order valence-corrected chi connectivity index (χ3v) is 9.83. The van der Waals surface area contributed by atoms with Crippen LogP contribution in [0.15, 0.2) is 72.8 Å². The molecule has 236 valence electrons. The van der Waals surface area contributed by atoms with Crippen molar-refractivity contribution in [3.8, 4) is 0 Å². The van der Waals surface area contributed by atoms with Gasteiger partial charge in [0.2, 0.25) is 21.8 Å². The molecule has 1 fully saturated rings. The van der Waals surface area contributed by atoms with Crippen molar-refractivity contribution in [3.63, 3.8) is 0 Å². The molecule has 3 aromatic carbocycles. The van der Waals surface area contributed by atoms with Crippen LogP contribution in [0, 0.1) is 0 Å². The Labute approximate surface area is 271 Å². The van der Waals surface area contributed by atoms with Gasteiger partial charge in [-0.2, -0.15) is 0 Å². The van der Waals surface area contributed by atoms with Crippen LogP contribution in [-0.4, -0.2) is 50.0 Å². The van der Waals surface area contributed by atoms with Crippen LogP contribution in [0.5, 0.6) is 0 Å². The number of rotatable bonds is 12. The van der Waals surface area contributed by atoms with E-state index in [1.807, 2.05) is 42.5 Å². The number of hydrogen-bond donors (Lipinski definition) is 1. The molecule has 1 N–H and O–H groups in total. The normalized spacial score (nSPS) is 14.7. The number of nitrogens with zero attached hydrogens (tertiary/aromatic N) is 2. The molecule has 44 heavy (non-hydrogen) atoms. The number of carbonyl (C=O) groups is 2. The molecule has 1 aliphatic carbocycles. The number of halogens is 2. The number of benzene rings is 3. The summed E-state index contributed by atoms with van der Waals surface area (Å²) >= 11 is 12.7. The number of sulfonamides is 1. The molecule has 0 heterocycles. The van der Waals surface area contributed by atoms with E-state index in [2.05, 4.69) is 19.2 Å². The summed E-state index contributed by atoms with van der Waals surface area (Å²) in [6, 6.07) is 20.8. The fraction of sp³-hybridized carbons (Fsp3) is 0.412. The molecule has 0 spiro atoms. The first-order valence-electron chi connectivity index (χ1n) is 15.1. The second-order valence-electron chi connectivity index (χ2n) is 11.8. The highest BCUT2D eigenvalue weighted by Crippen LogP contribution is 2.27. The van der Waals surface area contributed by atoms with Gasteiger partial charge in [0, 0.05) is 29.1 Å². The topological polar surface area (TPSA) is 86.8 Å². The molecule has 1 aliphatic rings. The molecule has 4 rings (SSSR count). The standard InChI is InChI=1S/C34H41Cl2N3O4S/c1-24(2)26-15-18-30(19-16-26)39(44(3,42)43)23-33(40)38(22-27-14-17-28(35)21-31(27)36)32(20-25-10-6-4-7-11-25)34(41)37-29-12-8-5-9-13-29/h4,6-7,10-11,14-19,21,24,29,32H,5,8-9,12-13,20,22-23H2,1-3H3,(H,37,41). The van der Waals surface area contributed by atoms with Gasteiger partial charge in [-0.1, -0.05) is 105 Å². The molecule has 1 unspecified atom stereocenters. The molecule has 0 saturated heterocycles. The van der Waals surface area contributed by atoms with E-state index in [1.165, 1.54) is 4.90 Å². The third kappa shape index (κ3) is 9.22. The van der Waals surface area contributed by atoms with E-state index in [0.29, 0.717) is 21.3 Å². The summed E-state index contributed by atoms with van der Waals surface area (Å²) in [6.07, 6.45) is 6.31. The van der Waals surface area contributed by atoms with Crippen LogP contribution in [0.3, 0.4) is 0 Å². The Hall–Kier alpha value is -3.07. The van der Waals surface area contributed by atoms with E-state index in [-0.39, 0.29) is 30.8 Å². The Morgan fingerprint density at radius 3 is 2.18 bits per heavy atom. The molecule has 0 radical (unpaired) electrons. The molecule has 0 aliphatic heterocycles. The first-order valence-corrected chi connectivity index (χ1v) is 17.7. The minimum Gasteiger partial charge on any atom is -0.352 e. The van der Waals surface area contributed by atoms with Crippen LogP contribution in [-0.2, 0) is 32.6 Å². The third-order valence-electron chi connectivity index (χ3n) is 8.11. The number of carbonyl (C=O) groups excluding carboxylic acids is 2. The van der Waals surface area contributed by atoms with Crippen molar-refractivity contribution in [1.29, 1.82) is 0 Å². The van der Waals surface area contributed by atoms with Crippen LogP contribution >= 0.6 is 23.2 Å². The average Bonchev–Trinajstić information content (AvgIpc) is 2.99. The maximum absolute atomic E-state index is 14.3. The summed E-state index contributed by atoms with van der Waals surface area (Å²) in [7, 11) is -3.85. The molecule has 7 nitrogen and oxygen atoms in total. The van der Waals surface area contributed by atoms with Gasteiger partial charge in [-0.3, -0.25) is 13.9 Å². The lowest BCUT2D eigenvalue weighted by atomic mass is 9.94. The van der Waals surface area contributed by atoms with Crippen molar-refractivity contribution in [2.45, 2.75) is 76.9 Å². The fourth-order valence-electron chi connectivity index (χ4n) is 5.57. The second-order valence-corrected chi connectivity index (χ2v) is 14.6. The van der Waals surface area contributed by atoms with Gasteiger partial charge >= 0.3 is 0 Å². The number of amides is 2. The Morgan fingerprint density at radius 1 is 0.932 bits per heavy atom. The summed E-state index contributed by atoms with van der Waals surface area (Å²) in [5.74, 6) is -0.529. The number of anilines is 1. The van der Waals surface area contributed by atoms with Crippen molar-refractivity contribution >= 4 is 50.7 Å². The maximum atomic E-state index is 14.3. The van der Waals surface area contributed by atoms with Crippen LogP contribution in [0.25, 0.3) is 0 Å². The van der Waals surface area contributed by atoms with E-state index in [4.69, 9.17) is 23.2 Å². The molecule has 2 amide bonds. The molecular formula is C34H41Cl2N3O4S. The predicted molar refractivity (Wildman–Crippen MR) is 179 cm³/mol. The molecule has 0 aromatic heterocycles. The summed E-state index contributed by atoms with van der Waals surface area (Å²) in [6.45, 7) is 3.62. The SMILES string of the molecule is CC(C)c1ccc(N(CC(=O)N(Cc2ccc(Cl)cc2Cl)C(Cc2ccccc2)C(=O)NC2CCCCC2)S(C)(=O)=O)cc1. The van der Waals surface area contributed by atoms with E-state index in [0.717, 1.165) is 53.8 Å². The van der Waals surface area contributed by atoms with Gasteiger partial charge in [-0.15, -0.1) is 0 Å². The lowest BCUT2D eigenvalue weighted by Crippen LogP contribution is -2.55. The van der Waals surface area contributed by atoms with E-state index in [9.17, 15) is 18.0 Å². The monoisotopic (exact) mass is 657 g/mol. The van der Waals surface area contributed by atoms with Crippen LogP contribution < -0.4 is 9.62 Å². The van der Waals surface area contributed by atoms with Crippen molar-refractivity contribution in [1.82, 2.24) is 10.2 Å². The molecule has 3 aromatic rings. The molecule has 0 bridgehead atoms.